The number of hydrogen-bond donors (Lipinski definition) is 1. The van der Waals surface area contributed by atoms with Crippen LogP contribution in [0.15, 0.2) is 47.6 Å². The number of benzene rings is 1. The van der Waals surface area contributed by atoms with Gasteiger partial charge in [0.05, 0.1) is 23.0 Å². The van der Waals surface area contributed by atoms with E-state index in [1.165, 1.54) is 24.5 Å². The zero-order valence-corrected chi connectivity index (χ0v) is 16.3. The summed E-state index contributed by atoms with van der Waals surface area (Å²) in [6.45, 7) is 0.654. The van der Waals surface area contributed by atoms with E-state index < -0.39 is 32.5 Å². The van der Waals surface area contributed by atoms with Gasteiger partial charge in [0.25, 0.3) is 0 Å². The SMILES string of the molecule is O=C(Nc1ccnnc1)N1CCC([C@]2(F)CC2S(=O)(=O)c2cccc(F)c2)CC1. The Labute approximate surface area is 167 Å². The zero-order valence-electron chi connectivity index (χ0n) is 15.5. The Hall–Kier alpha value is -2.62. The van der Waals surface area contributed by atoms with Gasteiger partial charge in [0, 0.05) is 19.5 Å². The Morgan fingerprint density at radius 3 is 2.62 bits per heavy atom. The molecule has 1 N–H and O–H groups in total. The van der Waals surface area contributed by atoms with Crippen LogP contribution < -0.4 is 5.32 Å². The second-order valence-corrected chi connectivity index (χ2v) is 9.57. The molecule has 2 aliphatic rings. The number of anilines is 1. The topological polar surface area (TPSA) is 92.3 Å². The van der Waals surface area contributed by atoms with Gasteiger partial charge >= 0.3 is 6.03 Å². The highest BCUT2D eigenvalue weighted by molar-refractivity contribution is 7.92. The number of rotatable bonds is 4. The summed E-state index contributed by atoms with van der Waals surface area (Å²) in [5, 5.41) is 8.86. The molecule has 1 saturated carbocycles. The highest BCUT2D eigenvalue weighted by atomic mass is 32.2. The average Bonchev–Trinajstić information content (AvgIpc) is 3.43. The van der Waals surface area contributed by atoms with E-state index in [0.717, 1.165) is 12.1 Å². The van der Waals surface area contributed by atoms with Crippen molar-refractivity contribution >= 4 is 21.6 Å². The Kier molecular flexibility index (Phi) is 4.97. The number of hydrogen-bond acceptors (Lipinski definition) is 5. The highest BCUT2D eigenvalue weighted by Crippen LogP contribution is 2.55. The van der Waals surface area contributed by atoms with E-state index >= 15 is 4.39 Å². The molecule has 1 aliphatic heterocycles. The number of urea groups is 1. The molecule has 2 heterocycles. The van der Waals surface area contributed by atoms with Gasteiger partial charge in [-0.25, -0.2) is 22.0 Å². The molecule has 1 aromatic carbocycles. The first-order valence-corrected chi connectivity index (χ1v) is 10.9. The summed E-state index contributed by atoms with van der Waals surface area (Å²) in [6, 6.07) is 5.97. The predicted octanol–water partition coefficient (Wildman–Crippen LogP) is 2.81. The van der Waals surface area contributed by atoms with E-state index in [1.54, 1.807) is 11.0 Å². The number of aromatic nitrogens is 2. The normalized spacial score (nSPS) is 24.9. The fourth-order valence-electron chi connectivity index (χ4n) is 3.96. The lowest BCUT2D eigenvalue weighted by Gasteiger charge is -2.34. The van der Waals surface area contributed by atoms with Crippen LogP contribution in [0.1, 0.15) is 19.3 Å². The van der Waals surface area contributed by atoms with Crippen molar-refractivity contribution in [3.8, 4) is 0 Å². The lowest BCUT2D eigenvalue weighted by Crippen LogP contribution is -2.44. The Morgan fingerprint density at radius 2 is 1.97 bits per heavy atom. The summed E-state index contributed by atoms with van der Waals surface area (Å²) in [5.74, 6) is -1.12. The third-order valence-corrected chi connectivity index (χ3v) is 7.89. The van der Waals surface area contributed by atoms with Crippen molar-refractivity contribution in [1.29, 1.82) is 0 Å². The van der Waals surface area contributed by atoms with Gasteiger partial charge < -0.3 is 10.2 Å². The molecule has 154 valence electrons. The molecule has 1 aliphatic carbocycles. The molecule has 1 saturated heterocycles. The Morgan fingerprint density at radius 1 is 1.21 bits per heavy atom. The van der Waals surface area contributed by atoms with Crippen LogP contribution in [0.4, 0.5) is 19.3 Å². The van der Waals surface area contributed by atoms with E-state index in [2.05, 4.69) is 15.5 Å². The van der Waals surface area contributed by atoms with Crippen molar-refractivity contribution in [2.24, 2.45) is 5.92 Å². The summed E-state index contributed by atoms with van der Waals surface area (Å²) in [6.07, 6.45) is 3.53. The van der Waals surface area contributed by atoms with Crippen LogP contribution >= 0.6 is 0 Å². The van der Waals surface area contributed by atoms with Gasteiger partial charge in [0.1, 0.15) is 16.7 Å². The molecular formula is C19H20F2N4O3S. The number of alkyl halides is 1. The summed E-state index contributed by atoms with van der Waals surface area (Å²) in [5.41, 5.74) is -1.32. The van der Waals surface area contributed by atoms with Gasteiger partial charge in [-0.1, -0.05) is 6.07 Å². The molecule has 0 bridgehead atoms. The number of sulfone groups is 1. The van der Waals surface area contributed by atoms with E-state index in [4.69, 9.17) is 0 Å². The standard InChI is InChI=1S/C19H20F2N4O3S/c20-14-2-1-3-16(10-14)29(27,28)17-11-19(17,21)13-5-8-25(9-6-13)18(26)24-15-4-7-22-23-12-15/h1-4,7,10,12-13,17H,5-6,8-9,11H2,(H,22,24,26)/t17?,19-/m1/s1. The lowest BCUT2D eigenvalue weighted by molar-refractivity contribution is 0.120. The first-order chi connectivity index (χ1) is 13.8. The molecule has 2 fully saturated rings. The molecular weight excluding hydrogens is 402 g/mol. The van der Waals surface area contributed by atoms with Crippen LogP contribution in [-0.2, 0) is 9.84 Å². The third kappa shape index (κ3) is 3.81. The smallest absolute Gasteiger partial charge is 0.321 e. The Balaban J connectivity index is 1.37. The maximum Gasteiger partial charge on any atom is 0.321 e. The summed E-state index contributed by atoms with van der Waals surface area (Å²) < 4.78 is 54.2. The first-order valence-electron chi connectivity index (χ1n) is 9.32. The maximum absolute atomic E-state index is 15.4. The van der Waals surface area contributed by atoms with E-state index in [9.17, 15) is 17.6 Å². The third-order valence-electron chi connectivity index (χ3n) is 5.67. The summed E-state index contributed by atoms with van der Waals surface area (Å²) in [4.78, 5) is 13.7. The van der Waals surface area contributed by atoms with Crippen LogP contribution in [0.2, 0.25) is 0 Å². The molecule has 29 heavy (non-hydrogen) atoms. The van der Waals surface area contributed by atoms with Crippen LogP contribution in [-0.4, -0.2) is 53.6 Å². The van der Waals surface area contributed by atoms with Crippen LogP contribution in [0, 0.1) is 11.7 Å². The number of likely N-dealkylation sites (tertiary alicyclic amines) is 1. The summed E-state index contributed by atoms with van der Waals surface area (Å²) >= 11 is 0. The van der Waals surface area contributed by atoms with Crippen molar-refractivity contribution in [2.45, 2.75) is 35.1 Å². The number of halogens is 2. The minimum Gasteiger partial charge on any atom is -0.325 e. The van der Waals surface area contributed by atoms with Crippen molar-refractivity contribution < 1.29 is 22.0 Å². The molecule has 0 radical (unpaired) electrons. The molecule has 10 heteroatoms. The lowest BCUT2D eigenvalue weighted by atomic mass is 9.90. The minimum absolute atomic E-state index is 0.0919. The quantitative estimate of drug-likeness (QED) is 0.818. The second kappa shape index (κ2) is 7.33. The van der Waals surface area contributed by atoms with E-state index in [0.29, 0.717) is 31.6 Å². The summed E-state index contributed by atoms with van der Waals surface area (Å²) in [7, 11) is -3.94. The first kappa shape index (κ1) is 19.7. The maximum atomic E-state index is 15.4. The van der Waals surface area contributed by atoms with Crippen molar-refractivity contribution in [1.82, 2.24) is 15.1 Å². The number of nitrogens with one attached hydrogen (secondary N) is 1. The van der Waals surface area contributed by atoms with Crippen LogP contribution in [0.3, 0.4) is 0 Å². The second-order valence-electron chi connectivity index (χ2n) is 7.44. The number of amides is 2. The van der Waals surface area contributed by atoms with Gasteiger partial charge in [-0.2, -0.15) is 10.2 Å². The van der Waals surface area contributed by atoms with Gasteiger partial charge in [0.15, 0.2) is 9.84 Å². The number of carbonyl (C=O) groups is 1. The van der Waals surface area contributed by atoms with Gasteiger partial charge in [0.2, 0.25) is 0 Å². The van der Waals surface area contributed by atoms with Gasteiger partial charge in [-0.3, -0.25) is 0 Å². The molecule has 4 rings (SSSR count). The van der Waals surface area contributed by atoms with E-state index in [1.807, 2.05) is 0 Å². The largest absolute Gasteiger partial charge is 0.325 e. The molecule has 2 aromatic rings. The molecule has 2 amide bonds. The number of nitrogens with zero attached hydrogens (tertiary/aromatic N) is 3. The molecule has 2 atom stereocenters. The van der Waals surface area contributed by atoms with Crippen molar-refractivity contribution in [3.63, 3.8) is 0 Å². The van der Waals surface area contributed by atoms with Crippen molar-refractivity contribution in [2.75, 3.05) is 18.4 Å². The highest BCUT2D eigenvalue weighted by Gasteiger charge is 2.66. The number of carbonyl (C=O) groups excluding carboxylic acids is 1. The zero-order chi connectivity index (χ0) is 20.6. The van der Waals surface area contributed by atoms with E-state index in [-0.39, 0.29) is 17.3 Å². The molecule has 1 aromatic heterocycles. The van der Waals surface area contributed by atoms with Gasteiger partial charge in [-0.15, -0.1) is 0 Å². The fraction of sp³-hybridized carbons (Fsp3) is 0.421. The molecule has 7 nitrogen and oxygen atoms in total. The monoisotopic (exact) mass is 422 g/mol. The van der Waals surface area contributed by atoms with Crippen molar-refractivity contribution in [3.05, 3.63) is 48.5 Å². The predicted molar refractivity (Wildman–Crippen MR) is 101 cm³/mol. The molecule has 0 spiro atoms. The average molecular weight is 422 g/mol. The van der Waals surface area contributed by atoms with Crippen LogP contribution in [0.5, 0.6) is 0 Å². The fourth-order valence-corrected chi connectivity index (χ4v) is 6.02. The van der Waals surface area contributed by atoms with Crippen LogP contribution in [0.25, 0.3) is 0 Å². The minimum atomic E-state index is -3.94. The Bertz CT molecular complexity index is 1010. The van der Waals surface area contributed by atoms with Gasteiger partial charge in [-0.05, 0) is 43.0 Å². The molecule has 1 unspecified atom stereocenters. The number of piperidine rings is 1.